The molecule has 0 aromatic heterocycles. The third-order valence-corrected chi connectivity index (χ3v) is 3.26. The smallest absolute Gasteiger partial charge is 0.334 e. The fraction of sp³-hybridized carbons (Fsp3) is 0.400. The number of hydrogen-bond acceptors (Lipinski definition) is 3. The number of carbonyl (C=O) groups excluding carboxylic acids is 1. The van der Waals surface area contributed by atoms with E-state index in [1.165, 1.54) is 5.56 Å². The van der Waals surface area contributed by atoms with Gasteiger partial charge < -0.3 is 4.74 Å². The predicted octanol–water partition coefficient (Wildman–Crippen LogP) is 2.55. The van der Waals surface area contributed by atoms with Crippen LogP contribution in [0.5, 0.6) is 0 Å². The summed E-state index contributed by atoms with van der Waals surface area (Å²) in [6.07, 6.45) is 2.87. The normalized spacial score (nSPS) is 20.3. The van der Waals surface area contributed by atoms with Crippen LogP contribution < -0.4 is 0 Å². The summed E-state index contributed by atoms with van der Waals surface area (Å²) in [5, 5.41) is 0. The topological polar surface area (TPSA) is 29.5 Å². The molecule has 0 N–H and O–H groups in total. The highest BCUT2D eigenvalue weighted by Crippen LogP contribution is 2.28. The summed E-state index contributed by atoms with van der Waals surface area (Å²) in [5.41, 5.74) is 2.06. The first kappa shape index (κ1) is 12.8. The van der Waals surface area contributed by atoms with Crippen LogP contribution in [-0.2, 0) is 9.53 Å². The van der Waals surface area contributed by atoms with Crippen LogP contribution in [0.15, 0.2) is 42.0 Å². The van der Waals surface area contributed by atoms with Crippen molar-refractivity contribution in [1.29, 1.82) is 0 Å². The Morgan fingerprint density at radius 1 is 1.39 bits per heavy atom. The molecule has 0 unspecified atom stereocenters. The molecule has 1 aliphatic rings. The van der Waals surface area contributed by atoms with Crippen molar-refractivity contribution in [2.45, 2.75) is 19.4 Å². The maximum absolute atomic E-state index is 11.7. The van der Waals surface area contributed by atoms with Crippen molar-refractivity contribution in [1.82, 2.24) is 4.90 Å². The number of rotatable bonds is 3. The second kappa shape index (κ2) is 5.83. The van der Waals surface area contributed by atoms with E-state index in [4.69, 9.17) is 4.74 Å². The maximum Gasteiger partial charge on any atom is 0.334 e. The minimum absolute atomic E-state index is 0.184. The SMILES string of the molecule is CCOC(=O)C1=CC[C@@H](c2ccccc2)N(C)C1. The molecule has 1 aliphatic heterocycles. The Bertz CT molecular complexity index is 439. The molecule has 3 heteroatoms. The van der Waals surface area contributed by atoms with Crippen LogP contribution >= 0.6 is 0 Å². The molecule has 0 amide bonds. The van der Waals surface area contributed by atoms with Gasteiger partial charge in [0, 0.05) is 18.2 Å². The van der Waals surface area contributed by atoms with Crippen LogP contribution in [-0.4, -0.2) is 31.1 Å². The van der Waals surface area contributed by atoms with Gasteiger partial charge in [0.2, 0.25) is 0 Å². The number of likely N-dealkylation sites (N-methyl/N-ethyl adjacent to an activating group) is 1. The molecule has 1 aromatic carbocycles. The Labute approximate surface area is 108 Å². The molecule has 0 spiro atoms. The predicted molar refractivity (Wildman–Crippen MR) is 71.1 cm³/mol. The molecule has 18 heavy (non-hydrogen) atoms. The number of hydrogen-bond donors (Lipinski definition) is 0. The first-order valence-electron chi connectivity index (χ1n) is 6.33. The van der Waals surface area contributed by atoms with Crippen molar-refractivity contribution in [3.8, 4) is 0 Å². The lowest BCUT2D eigenvalue weighted by atomic mass is 9.97. The lowest BCUT2D eigenvalue weighted by Gasteiger charge is -2.32. The summed E-state index contributed by atoms with van der Waals surface area (Å²) < 4.78 is 5.04. The molecule has 0 bridgehead atoms. The lowest BCUT2D eigenvalue weighted by Crippen LogP contribution is -2.32. The largest absolute Gasteiger partial charge is 0.463 e. The van der Waals surface area contributed by atoms with Gasteiger partial charge in [-0.1, -0.05) is 36.4 Å². The molecular weight excluding hydrogens is 226 g/mol. The first-order chi connectivity index (χ1) is 8.72. The van der Waals surface area contributed by atoms with Crippen molar-refractivity contribution >= 4 is 5.97 Å². The van der Waals surface area contributed by atoms with Gasteiger partial charge in [-0.3, -0.25) is 4.90 Å². The quantitative estimate of drug-likeness (QED) is 0.766. The van der Waals surface area contributed by atoms with Gasteiger partial charge in [-0.05, 0) is 26.0 Å². The third kappa shape index (κ3) is 2.79. The lowest BCUT2D eigenvalue weighted by molar-refractivity contribution is -0.139. The van der Waals surface area contributed by atoms with Crippen LogP contribution in [0.25, 0.3) is 0 Å². The monoisotopic (exact) mass is 245 g/mol. The Morgan fingerprint density at radius 3 is 2.72 bits per heavy atom. The van der Waals surface area contributed by atoms with Gasteiger partial charge in [-0.25, -0.2) is 4.79 Å². The maximum atomic E-state index is 11.7. The van der Waals surface area contributed by atoms with Gasteiger partial charge in [0.15, 0.2) is 0 Å². The van der Waals surface area contributed by atoms with Gasteiger partial charge in [-0.15, -0.1) is 0 Å². The summed E-state index contributed by atoms with van der Waals surface area (Å²) in [6.45, 7) is 2.91. The van der Waals surface area contributed by atoms with E-state index in [1.807, 2.05) is 38.2 Å². The van der Waals surface area contributed by atoms with Gasteiger partial charge in [-0.2, -0.15) is 0 Å². The zero-order valence-corrected chi connectivity index (χ0v) is 10.9. The average molecular weight is 245 g/mol. The van der Waals surface area contributed by atoms with E-state index in [9.17, 15) is 4.79 Å². The molecule has 1 heterocycles. The molecule has 2 rings (SSSR count). The van der Waals surface area contributed by atoms with Gasteiger partial charge in [0.1, 0.15) is 0 Å². The van der Waals surface area contributed by atoms with Gasteiger partial charge in [0.25, 0.3) is 0 Å². The summed E-state index contributed by atoms with van der Waals surface area (Å²) >= 11 is 0. The molecule has 1 aromatic rings. The molecule has 3 nitrogen and oxygen atoms in total. The van der Waals surface area contributed by atoms with E-state index in [1.54, 1.807) is 0 Å². The van der Waals surface area contributed by atoms with E-state index in [0.29, 0.717) is 19.2 Å². The number of carbonyl (C=O) groups is 1. The number of esters is 1. The van der Waals surface area contributed by atoms with Crippen molar-refractivity contribution in [3.05, 3.63) is 47.5 Å². The zero-order chi connectivity index (χ0) is 13.0. The Hall–Kier alpha value is -1.61. The second-order valence-electron chi connectivity index (χ2n) is 4.53. The number of benzene rings is 1. The minimum atomic E-state index is -0.184. The zero-order valence-electron chi connectivity index (χ0n) is 10.9. The van der Waals surface area contributed by atoms with Crippen molar-refractivity contribution in [2.75, 3.05) is 20.2 Å². The van der Waals surface area contributed by atoms with E-state index in [2.05, 4.69) is 17.0 Å². The van der Waals surface area contributed by atoms with Gasteiger partial charge in [0.05, 0.1) is 6.61 Å². The summed E-state index contributed by atoms with van der Waals surface area (Å²) in [5.74, 6) is -0.184. The highest BCUT2D eigenvalue weighted by molar-refractivity contribution is 5.89. The minimum Gasteiger partial charge on any atom is -0.463 e. The summed E-state index contributed by atoms with van der Waals surface area (Å²) in [7, 11) is 2.05. The Balaban J connectivity index is 2.10. The fourth-order valence-corrected chi connectivity index (χ4v) is 2.31. The molecule has 0 fully saturated rings. The van der Waals surface area contributed by atoms with Crippen molar-refractivity contribution in [2.24, 2.45) is 0 Å². The number of nitrogens with zero attached hydrogens (tertiary/aromatic N) is 1. The van der Waals surface area contributed by atoms with E-state index >= 15 is 0 Å². The standard InChI is InChI=1S/C15H19NO2/c1-3-18-15(17)13-9-10-14(16(2)11-13)12-7-5-4-6-8-12/h4-9,14H,3,10-11H2,1-2H3/t14-/m0/s1. The number of ether oxygens (including phenoxy) is 1. The van der Waals surface area contributed by atoms with Crippen LogP contribution in [0, 0.1) is 0 Å². The molecule has 1 atom stereocenters. The third-order valence-electron chi connectivity index (χ3n) is 3.26. The van der Waals surface area contributed by atoms with Crippen molar-refractivity contribution < 1.29 is 9.53 Å². The molecule has 0 radical (unpaired) electrons. The summed E-state index contributed by atoms with van der Waals surface area (Å²) in [4.78, 5) is 13.9. The van der Waals surface area contributed by atoms with Crippen LogP contribution in [0.4, 0.5) is 0 Å². The fourth-order valence-electron chi connectivity index (χ4n) is 2.31. The first-order valence-corrected chi connectivity index (χ1v) is 6.33. The molecular formula is C15H19NO2. The van der Waals surface area contributed by atoms with E-state index in [-0.39, 0.29) is 5.97 Å². The van der Waals surface area contributed by atoms with E-state index in [0.717, 1.165) is 12.0 Å². The van der Waals surface area contributed by atoms with Crippen LogP contribution in [0.3, 0.4) is 0 Å². The highest BCUT2D eigenvalue weighted by atomic mass is 16.5. The van der Waals surface area contributed by atoms with Crippen molar-refractivity contribution in [3.63, 3.8) is 0 Å². The van der Waals surface area contributed by atoms with Crippen LogP contribution in [0.1, 0.15) is 24.9 Å². The molecule has 0 saturated heterocycles. The molecule has 96 valence electrons. The van der Waals surface area contributed by atoms with E-state index < -0.39 is 0 Å². The van der Waals surface area contributed by atoms with Gasteiger partial charge >= 0.3 is 5.97 Å². The molecule has 0 aliphatic carbocycles. The Morgan fingerprint density at radius 2 is 2.11 bits per heavy atom. The highest BCUT2D eigenvalue weighted by Gasteiger charge is 2.24. The average Bonchev–Trinajstić information content (AvgIpc) is 2.40. The van der Waals surface area contributed by atoms with Crippen LogP contribution in [0.2, 0.25) is 0 Å². The second-order valence-corrected chi connectivity index (χ2v) is 4.53. The Kier molecular flexibility index (Phi) is 4.15. The summed E-state index contributed by atoms with van der Waals surface area (Å²) in [6, 6.07) is 10.7. The molecule has 0 saturated carbocycles.